The van der Waals surface area contributed by atoms with Crippen molar-refractivity contribution in [3.8, 4) is 11.1 Å². The molecule has 0 aromatic heterocycles. The highest BCUT2D eigenvalue weighted by atomic mass is 31.0. The summed E-state index contributed by atoms with van der Waals surface area (Å²) in [4.78, 5) is 9.38. The molecule has 0 fully saturated rings. The van der Waals surface area contributed by atoms with Gasteiger partial charge in [-0.05, 0) is 27.8 Å². The lowest BCUT2D eigenvalue weighted by Gasteiger charge is -2.33. The van der Waals surface area contributed by atoms with Crippen LogP contribution in [0.25, 0.3) is 11.1 Å². The number of alkyl halides is 7. The SMILES string of the molecule is O=C(O)C(F)(F)C(F)(F)C(F)(F)F.PC(c1ccccc1)(c1ccccc1)c1ccccc1-c1ccccc1. The minimum atomic E-state index is -6.60. The van der Waals surface area contributed by atoms with Crippen LogP contribution in [-0.4, -0.2) is 29.1 Å². The number of halogens is 7. The summed E-state index contributed by atoms with van der Waals surface area (Å²) < 4.78 is 80.5. The van der Waals surface area contributed by atoms with E-state index < -0.39 is 24.0 Å². The number of aliphatic carboxylic acids is 1. The topological polar surface area (TPSA) is 37.3 Å². The smallest absolute Gasteiger partial charge is 0.460 e. The molecule has 10 heteroatoms. The van der Waals surface area contributed by atoms with Crippen molar-refractivity contribution in [3.05, 3.63) is 132 Å². The van der Waals surface area contributed by atoms with Gasteiger partial charge in [0.1, 0.15) is 0 Å². The highest BCUT2D eigenvalue weighted by molar-refractivity contribution is 7.19. The van der Waals surface area contributed by atoms with E-state index in [1.54, 1.807) is 0 Å². The van der Waals surface area contributed by atoms with E-state index in [4.69, 9.17) is 5.11 Å². The van der Waals surface area contributed by atoms with Crippen molar-refractivity contribution in [2.24, 2.45) is 0 Å². The van der Waals surface area contributed by atoms with Crippen molar-refractivity contribution >= 4 is 15.2 Å². The van der Waals surface area contributed by atoms with Gasteiger partial charge in [0.25, 0.3) is 0 Å². The molecular weight excluding hydrogens is 544 g/mol. The first-order chi connectivity index (χ1) is 18.2. The molecule has 0 radical (unpaired) electrons. The van der Waals surface area contributed by atoms with Gasteiger partial charge in [0.05, 0.1) is 5.16 Å². The summed E-state index contributed by atoms with van der Waals surface area (Å²) in [5.74, 6) is -16.3. The first-order valence-corrected chi connectivity index (χ1v) is 11.9. The fourth-order valence-electron chi connectivity index (χ4n) is 3.89. The first kappa shape index (κ1) is 29.8. The molecule has 0 bridgehead atoms. The van der Waals surface area contributed by atoms with Crippen LogP contribution < -0.4 is 0 Å². The number of hydrogen-bond acceptors (Lipinski definition) is 1. The van der Waals surface area contributed by atoms with Gasteiger partial charge in [0.2, 0.25) is 0 Å². The Hall–Kier alpha value is -3.71. The lowest BCUT2D eigenvalue weighted by atomic mass is 9.80. The Morgan fingerprint density at radius 3 is 1.36 bits per heavy atom. The zero-order valence-electron chi connectivity index (χ0n) is 20.0. The number of carboxylic acid groups (broad SMARTS) is 1. The highest BCUT2D eigenvalue weighted by Crippen LogP contribution is 2.48. The average molecular weight is 566 g/mol. The molecule has 0 amide bonds. The Morgan fingerprint density at radius 2 is 0.974 bits per heavy atom. The molecule has 0 aliphatic heterocycles. The summed E-state index contributed by atoms with van der Waals surface area (Å²) in [7, 11) is 3.14. The molecular formula is C29H22F7O2P. The fraction of sp³-hybridized carbons (Fsp3) is 0.138. The Bertz CT molecular complexity index is 1340. The van der Waals surface area contributed by atoms with Gasteiger partial charge in [-0.15, -0.1) is 9.24 Å². The van der Waals surface area contributed by atoms with Crippen molar-refractivity contribution in [1.82, 2.24) is 0 Å². The highest BCUT2D eigenvalue weighted by Gasteiger charge is 2.76. The van der Waals surface area contributed by atoms with E-state index in [2.05, 4.69) is 125 Å². The van der Waals surface area contributed by atoms with Crippen molar-refractivity contribution in [2.75, 3.05) is 0 Å². The van der Waals surface area contributed by atoms with Gasteiger partial charge in [-0.1, -0.05) is 115 Å². The van der Waals surface area contributed by atoms with Gasteiger partial charge >= 0.3 is 24.0 Å². The molecule has 2 nitrogen and oxygen atoms in total. The monoisotopic (exact) mass is 566 g/mol. The Morgan fingerprint density at radius 1 is 0.590 bits per heavy atom. The van der Waals surface area contributed by atoms with Gasteiger partial charge in [-0.2, -0.15) is 30.7 Å². The van der Waals surface area contributed by atoms with E-state index in [-0.39, 0.29) is 5.16 Å². The van der Waals surface area contributed by atoms with Gasteiger partial charge in [-0.3, -0.25) is 0 Å². The fourth-order valence-corrected chi connectivity index (χ4v) is 4.53. The van der Waals surface area contributed by atoms with Gasteiger partial charge < -0.3 is 5.11 Å². The predicted molar refractivity (Wildman–Crippen MR) is 138 cm³/mol. The lowest BCUT2D eigenvalue weighted by Crippen LogP contribution is -2.56. The summed E-state index contributed by atoms with van der Waals surface area (Å²) in [6.07, 6.45) is -6.60. The molecule has 4 aromatic rings. The van der Waals surface area contributed by atoms with Crippen LogP contribution >= 0.6 is 9.24 Å². The molecule has 1 N–H and O–H groups in total. The standard InChI is InChI=1S/C25H21P.C4HF7O2/c26-25(21-14-6-2-7-15-21,22-16-8-3-9-17-22)24-19-11-10-18-23(24)20-12-4-1-5-13-20;5-2(6,1(12)13)3(7,8)4(9,10)11/h1-19H,26H2;(H,12,13). The molecule has 0 saturated heterocycles. The van der Waals surface area contributed by atoms with Crippen LogP contribution in [0.2, 0.25) is 0 Å². The van der Waals surface area contributed by atoms with Crippen molar-refractivity contribution in [2.45, 2.75) is 23.2 Å². The normalized spacial score (nSPS) is 12.3. The molecule has 0 spiro atoms. The van der Waals surface area contributed by atoms with Gasteiger partial charge in [0.15, 0.2) is 0 Å². The summed E-state index contributed by atoms with van der Waals surface area (Å²) in [5.41, 5.74) is 6.31. The van der Waals surface area contributed by atoms with E-state index >= 15 is 0 Å². The second kappa shape index (κ2) is 11.6. The lowest BCUT2D eigenvalue weighted by molar-refractivity contribution is -0.347. The van der Waals surface area contributed by atoms with Crippen LogP contribution in [0, 0.1) is 0 Å². The van der Waals surface area contributed by atoms with E-state index in [1.807, 2.05) is 0 Å². The molecule has 0 heterocycles. The average Bonchev–Trinajstić information content (AvgIpc) is 2.93. The third-order valence-corrected chi connectivity index (χ3v) is 6.89. The Kier molecular flexibility index (Phi) is 8.86. The first-order valence-electron chi connectivity index (χ1n) is 11.3. The van der Waals surface area contributed by atoms with E-state index in [0.29, 0.717) is 0 Å². The molecule has 39 heavy (non-hydrogen) atoms. The Balaban J connectivity index is 0.000000276. The van der Waals surface area contributed by atoms with E-state index in [9.17, 15) is 35.5 Å². The van der Waals surface area contributed by atoms with Gasteiger partial charge in [0, 0.05) is 0 Å². The molecule has 1 unspecified atom stereocenters. The van der Waals surface area contributed by atoms with Crippen LogP contribution in [0.5, 0.6) is 0 Å². The molecule has 1 atom stereocenters. The second-order valence-corrected chi connectivity index (χ2v) is 9.27. The zero-order chi connectivity index (χ0) is 28.9. The summed E-state index contributed by atoms with van der Waals surface area (Å²) >= 11 is 0. The maximum atomic E-state index is 11.8. The largest absolute Gasteiger partial charge is 0.477 e. The molecule has 204 valence electrons. The molecule has 0 aliphatic carbocycles. The minimum Gasteiger partial charge on any atom is -0.477 e. The number of carboxylic acids is 1. The van der Waals surface area contributed by atoms with Crippen LogP contribution in [0.4, 0.5) is 30.7 Å². The second-order valence-electron chi connectivity index (χ2n) is 8.40. The van der Waals surface area contributed by atoms with Crippen molar-refractivity contribution in [3.63, 3.8) is 0 Å². The van der Waals surface area contributed by atoms with Crippen LogP contribution in [-0.2, 0) is 9.95 Å². The summed E-state index contributed by atoms with van der Waals surface area (Å²) in [5, 5.41) is 7.10. The number of carbonyl (C=O) groups is 1. The van der Waals surface area contributed by atoms with Crippen LogP contribution in [0.3, 0.4) is 0 Å². The summed E-state index contributed by atoms with van der Waals surface area (Å²) in [6.45, 7) is 0. The number of benzene rings is 4. The third kappa shape index (κ3) is 5.98. The third-order valence-electron chi connectivity index (χ3n) is 5.91. The maximum Gasteiger partial charge on any atom is 0.460 e. The molecule has 4 aromatic carbocycles. The Labute approximate surface area is 222 Å². The van der Waals surface area contributed by atoms with E-state index in [0.717, 1.165) is 0 Å². The minimum absolute atomic E-state index is 0.311. The number of rotatable bonds is 6. The van der Waals surface area contributed by atoms with Crippen LogP contribution in [0.15, 0.2) is 115 Å². The summed E-state index contributed by atoms with van der Waals surface area (Å²) in [6, 6.07) is 40.8. The van der Waals surface area contributed by atoms with Crippen molar-refractivity contribution < 1.29 is 40.6 Å². The zero-order valence-corrected chi connectivity index (χ0v) is 21.2. The quantitative estimate of drug-likeness (QED) is 0.145. The molecule has 0 saturated carbocycles. The van der Waals surface area contributed by atoms with E-state index in [1.165, 1.54) is 27.8 Å². The van der Waals surface area contributed by atoms with Gasteiger partial charge in [-0.25, -0.2) is 4.79 Å². The molecule has 4 rings (SSSR count). The maximum absolute atomic E-state index is 11.8. The predicted octanol–water partition coefficient (Wildman–Crippen LogP) is 8.42. The number of hydrogen-bond donors (Lipinski definition) is 1. The molecule has 0 aliphatic rings. The van der Waals surface area contributed by atoms with Crippen molar-refractivity contribution in [1.29, 1.82) is 0 Å². The van der Waals surface area contributed by atoms with Crippen LogP contribution in [0.1, 0.15) is 16.7 Å².